The number of benzene rings is 1. The molecule has 5 nitrogen and oxygen atoms in total. The van der Waals surface area contributed by atoms with Gasteiger partial charge in [0.25, 0.3) is 0 Å². The van der Waals surface area contributed by atoms with Gasteiger partial charge in [-0.3, -0.25) is 0 Å². The third-order valence-corrected chi connectivity index (χ3v) is 4.64. The van der Waals surface area contributed by atoms with Gasteiger partial charge in [0.1, 0.15) is 4.99 Å². The molecule has 0 bridgehead atoms. The number of thiocarbonyl (C=S) groups is 1. The molecule has 112 valence electrons. The van der Waals surface area contributed by atoms with E-state index in [9.17, 15) is 8.42 Å². The van der Waals surface area contributed by atoms with E-state index >= 15 is 0 Å². The second kappa shape index (κ2) is 7.12. The Bertz CT molecular complexity index is 585. The molecule has 3 N–H and O–H groups in total. The van der Waals surface area contributed by atoms with E-state index in [-0.39, 0.29) is 15.8 Å². The summed E-state index contributed by atoms with van der Waals surface area (Å²) in [5, 5.41) is 0. The highest BCUT2D eigenvalue weighted by Gasteiger charge is 2.18. The first-order valence-electron chi connectivity index (χ1n) is 6.17. The minimum atomic E-state index is -3.58. The van der Waals surface area contributed by atoms with Gasteiger partial charge in [-0.05, 0) is 24.5 Å². The Hall–Kier alpha value is -1.02. The molecule has 20 heavy (non-hydrogen) atoms. The average Bonchev–Trinajstić information content (AvgIpc) is 2.37. The molecule has 1 atom stereocenters. The van der Waals surface area contributed by atoms with E-state index in [1.54, 1.807) is 26.2 Å². The van der Waals surface area contributed by atoms with E-state index in [2.05, 4.69) is 4.72 Å². The summed E-state index contributed by atoms with van der Waals surface area (Å²) >= 11 is 4.87. The Kier molecular flexibility index (Phi) is 6.07. The van der Waals surface area contributed by atoms with Crippen molar-refractivity contribution in [2.24, 2.45) is 11.7 Å². The number of sulfonamides is 1. The van der Waals surface area contributed by atoms with Gasteiger partial charge in [0.15, 0.2) is 0 Å². The number of hydrogen-bond donors (Lipinski definition) is 2. The van der Waals surface area contributed by atoms with Gasteiger partial charge in [0.05, 0.1) is 4.90 Å². The van der Waals surface area contributed by atoms with Gasteiger partial charge in [-0.15, -0.1) is 0 Å². The lowest BCUT2D eigenvalue weighted by atomic mass is 10.1. The second-order valence-corrected chi connectivity index (χ2v) is 6.93. The molecule has 1 aromatic carbocycles. The Morgan fingerprint density at radius 2 is 2.15 bits per heavy atom. The topological polar surface area (TPSA) is 81.4 Å². The quantitative estimate of drug-likeness (QED) is 0.739. The highest BCUT2D eigenvalue weighted by Crippen LogP contribution is 2.17. The van der Waals surface area contributed by atoms with Gasteiger partial charge in [-0.2, -0.15) is 0 Å². The van der Waals surface area contributed by atoms with Gasteiger partial charge in [-0.25, -0.2) is 13.1 Å². The number of nitrogens with one attached hydrogen (secondary N) is 1. The van der Waals surface area contributed by atoms with Crippen LogP contribution >= 0.6 is 12.2 Å². The van der Waals surface area contributed by atoms with Crippen molar-refractivity contribution in [3.63, 3.8) is 0 Å². The van der Waals surface area contributed by atoms with Crippen molar-refractivity contribution in [3.8, 4) is 0 Å². The molecule has 0 amide bonds. The summed E-state index contributed by atoms with van der Waals surface area (Å²) in [4.78, 5) is 0.376. The van der Waals surface area contributed by atoms with Gasteiger partial charge >= 0.3 is 0 Å². The van der Waals surface area contributed by atoms with Crippen LogP contribution in [0.2, 0.25) is 0 Å². The molecule has 1 aromatic rings. The number of rotatable bonds is 7. The molecule has 0 saturated carbocycles. The molecule has 0 radical (unpaired) electrons. The Morgan fingerprint density at radius 1 is 1.50 bits per heavy atom. The maximum atomic E-state index is 12.3. The van der Waals surface area contributed by atoms with E-state index < -0.39 is 10.0 Å². The summed E-state index contributed by atoms with van der Waals surface area (Å²) < 4.78 is 32.2. The Balaban J connectivity index is 2.97. The number of methoxy groups -OCH3 is 1. The first-order chi connectivity index (χ1) is 9.27. The fraction of sp³-hybridized carbons (Fsp3) is 0.462. The van der Waals surface area contributed by atoms with Crippen LogP contribution in [0.15, 0.2) is 23.1 Å². The van der Waals surface area contributed by atoms with Crippen molar-refractivity contribution in [2.45, 2.75) is 18.7 Å². The number of aryl methyl sites for hydroxylation is 1. The van der Waals surface area contributed by atoms with E-state index in [1.165, 1.54) is 6.07 Å². The minimum absolute atomic E-state index is 0.0915. The maximum absolute atomic E-state index is 12.3. The van der Waals surface area contributed by atoms with Crippen LogP contribution in [0.4, 0.5) is 0 Å². The first-order valence-corrected chi connectivity index (χ1v) is 8.06. The zero-order valence-electron chi connectivity index (χ0n) is 11.8. The summed E-state index contributed by atoms with van der Waals surface area (Å²) in [6.07, 6.45) is 0. The predicted molar refractivity (Wildman–Crippen MR) is 83.3 cm³/mol. The van der Waals surface area contributed by atoms with Gasteiger partial charge in [-0.1, -0.05) is 31.3 Å². The van der Waals surface area contributed by atoms with Gasteiger partial charge in [0, 0.05) is 25.8 Å². The molecule has 1 rings (SSSR count). The molecule has 0 aliphatic carbocycles. The third kappa shape index (κ3) is 4.52. The van der Waals surface area contributed by atoms with Crippen LogP contribution < -0.4 is 10.5 Å². The second-order valence-electron chi connectivity index (χ2n) is 4.76. The highest BCUT2D eigenvalue weighted by molar-refractivity contribution is 7.89. The van der Waals surface area contributed by atoms with Crippen LogP contribution in [0, 0.1) is 12.8 Å². The standard InChI is InChI=1S/C13H20N2O3S2/c1-9(8-18-3)7-15-20(16,17)12-6-11(13(14)19)5-4-10(12)2/h4-6,9,15H,7-8H2,1-3H3,(H2,14,19). The lowest BCUT2D eigenvalue weighted by molar-refractivity contribution is 0.161. The van der Waals surface area contributed by atoms with Crippen molar-refractivity contribution >= 4 is 27.2 Å². The van der Waals surface area contributed by atoms with Crippen LogP contribution in [0.1, 0.15) is 18.1 Å². The van der Waals surface area contributed by atoms with Crippen molar-refractivity contribution < 1.29 is 13.2 Å². The smallest absolute Gasteiger partial charge is 0.240 e. The Morgan fingerprint density at radius 3 is 2.70 bits per heavy atom. The lowest BCUT2D eigenvalue weighted by Gasteiger charge is -2.14. The molecule has 0 saturated heterocycles. The monoisotopic (exact) mass is 316 g/mol. The van der Waals surface area contributed by atoms with Crippen LogP contribution in [0.5, 0.6) is 0 Å². The summed E-state index contributed by atoms with van der Waals surface area (Å²) in [5.74, 6) is 0.0915. The van der Waals surface area contributed by atoms with E-state index in [1.807, 2.05) is 6.92 Å². The SMILES string of the molecule is COCC(C)CNS(=O)(=O)c1cc(C(N)=S)ccc1C. The Labute approximate surface area is 125 Å². The molecule has 0 aliphatic heterocycles. The van der Waals surface area contributed by atoms with Crippen molar-refractivity contribution in [3.05, 3.63) is 29.3 Å². The summed E-state index contributed by atoms with van der Waals surface area (Å²) in [7, 11) is -2.00. The zero-order chi connectivity index (χ0) is 15.3. The molecule has 1 unspecified atom stereocenters. The average molecular weight is 316 g/mol. The van der Waals surface area contributed by atoms with Crippen LogP contribution in [-0.4, -0.2) is 33.7 Å². The molecule has 0 aliphatic rings. The fourth-order valence-corrected chi connectivity index (χ4v) is 3.28. The summed E-state index contributed by atoms with van der Waals surface area (Å²) in [6.45, 7) is 4.45. The first kappa shape index (κ1) is 17.0. The number of ether oxygens (including phenoxy) is 1. The summed E-state index contributed by atoms with van der Waals surface area (Å²) in [5.41, 5.74) is 6.73. The minimum Gasteiger partial charge on any atom is -0.389 e. The normalized spacial score (nSPS) is 13.2. The number of hydrogen-bond acceptors (Lipinski definition) is 4. The van der Waals surface area contributed by atoms with Crippen molar-refractivity contribution in [1.29, 1.82) is 0 Å². The molecular weight excluding hydrogens is 296 g/mol. The molecule has 0 heterocycles. The van der Waals surface area contributed by atoms with Gasteiger partial charge < -0.3 is 10.5 Å². The molecule has 7 heteroatoms. The van der Waals surface area contributed by atoms with Crippen molar-refractivity contribution in [1.82, 2.24) is 4.72 Å². The van der Waals surface area contributed by atoms with Crippen LogP contribution in [-0.2, 0) is 14.8 Å². The molecule has 0 fully saturated rings. The molecule has 0 aromatic heterocycles. The molecule has 0 spiro atoms. The van der Waals surface area contributed by atoms with Gasteiger partial charge in [0.2, 0.25) is 10.0 Å². The zero-order valence-corrected chi connectivity index (χ0v) is 13.5. The largest absolute Gasteiger partial charge is 0.389 e. The summed E-state index contributed by atoms with van der Waals surface area (Å²) in [6, 6.07) is 4.91. The van der Waals surface area contributed by atoms with Crippen LogP contribution in [0.3, 0.4) is 0 Å². The van der Waals surface area contributed by atoms with Crippen LogP contribution in [0.25, 0.3) is 0 Å². The molecular formula is C13H20N2O3S2. The van der Waals surface area contributed by atoms with Crippen molar-refractivity contribution in [2.75, 3.05) is 20.3 Å². The third-order valence-electron chi connectivity index (χ3n) is 2.84. The predicted octanol–water partition coefficient (Wildman–Crippen LogP) is 1.19. The fourth-order valence-electron chi connectivity index (χ4n) is 1.72. The lowest BCUT2D eigenvalue weighted by Crippen LogP contribution is -2.30. The maximum Gasteiger partial charge on any atom is 0.240 e. The number of nitrogens with two attached hydrogens (primary N) is 1. The van der Waals surface area contributed by atoms with E-state index in [0.717, 1.165) is 0 Å². The van der Waals surface area contributed by atoms with E-state index in [0.29, 0.717) is 24.3 Å². The highest BCUT2D eigenvalue weighted by atomic mass is 32.2. The van der Waals surface area contributed by atoms with E-state index in [4.69, 9.17) is 22.7 Å².